The van der Waals surface area contributed by atoms with Gasteiger partial charge in [0, 0.05) is 12.6 Å². The zero-order valence-corrected chi connectivity index (χ0v) is 15.1. The van der Waals surface area contributed by atoms with E-state index in [9.17, 15) is 4.79 Å². The van der Waals surface area contributed by atoms with Gasteiger partial charge in [0.1, 0.15) is 11.5 Å². The molecule has 0 aromatic carbocycles. The third-order valence-corrected chi connectivity index (χ3v) is 6.32. The fourth-order valence-corrected chi connectivity index (χ4v) is 4.79. The Bertz CT molecular complexity index is 729. The molecule has 0 unspecified atom stereocenters. The zero-order chi connectivity index (χ0) is 16.7. The summed E-state index contributed by atoms with van der Waals surface area (Å²) in [6, 6.07) is 4.37. The Balaban J connectivity index is 1.61. The molecule has 1 spiro atoms. The zero-order valence-electron chi connectivity index (χ0n) is 14.3. The maximum atomic E-state index is 13.3. The molecular formula is C19H24N2O2S. The van der Waals surface area contributed by atoms with Crippen molar-refractivity contribution in [3.8, 4) is 0 Å². The van der Waals surface area contributed by atoms with Crippen molar-refractivity contribution in [3.05, 3.63) is 45.5 Å². The molecule has 1 amide bonds. The van der Waals surface area contributed by atoms with Crippen LogP contribution in [0.3, 0.4) is 0 Å². The number of carbonyl (C=O) groups is 1. The SMILES string of the molecule is Cc1cc(C(=O)N(Cc2ccsc2)[C@H]2CC23CCNCC3)c(C)o1. The molecule has 0 radical (unpaired) electrons. The van der Waals surface area contributed by atoms with E-state index in [1.807, 2.05) is 19.9 Å². The topological polar surface area (TPSA) is 45.5 Å². The van der Waals surface area contributed by atoms with Crippen molar-refractivity contribution >= 4 is 17.2 Å². The Morgan fingerprint density at radius 1 is 1.42 bits per heavy atom. The number of aryl methyl sites for hydroxylation is 2. The Hall–Kier alpha value is -1.59. The number of hydrogen-bond donors (Lipinski definition) is 1. The molecule has 1 atom stereocenters. The first-order chi connectivity index (χ1) is 11.6. The molecule has 0 bridgehead atoms. The van der Waals surface area contributed by atoms with Crippen LogP contribution in [0.15, 0.2) is 27.3 Å². The van der Waals surface area contributed by atoms with Crippen LogP contribution in [0.25, 0.3) is 0 Å². The fourth-order valence-electron chi connectivity index (χ4n) is 4.13. The number of hydrogen-bond acceptors (Lipinski definition) is 4. The molecule has 1 aliphatic carbocycles. The molecule has 2 aliphatic rings. The minimum absolute atomic E-state index is 0.121. The minimum Gasteiger partial charge on any atom is -0.466 e. The van der Waals surface area contributed by atoms with Crippen LogP contribution >= 0.6 is 11.3 Å². The van der Waals surface area contributed by atoms with E-state index < -0.39 is 0 Å². The van der Waals surface area contributed by atoms with E-state index in [-0.39, 0.29) is 5.91 Å². The first kappa shape index (κ1) is 15.9. The van der Waals surface area contributed by atoms with Gasteiger partial charge < -0.3 is 14.6 Å². The second-order valence-electron chi connectivity index (χ2n) is 7.22. The number of piperidine rings is 1. The monoisotopic (exact) mass is 344 g/mol. The van der Waals surface area contributed by atoms with Gasteiger partial charge in [-0.25, -0.2) is 0 Å². The molecule has 2 aromatic rings. The normalized spacial score (nSPS) is 21.8. The highest BCUT2D eigenvalue weighted by molar-refractivity contribution is 7.07. The molecule has 3 heterocycles. The van der Waals surface area contributed by atoms with Gasteiger partial charge in [-0.3, -0.25) is 4.79 Å². The molecule has 24 heavy (non-hydrogen) atoms. The highest BCUT2D eigenvalue weighted by atomic mass is 32.1. The van der Waals surface area contributed by atoms with Crippen LogP contribution in [0.2, 0.25) is 0 Å². The van der Waals surface area contributed by atoms with Crippen molar-refractivity contribution < 1.29 is 9.21 Å². The smallest absolute Gasteiger partial charge is 0.257 e. The van der Waals surface area contributed by atoms with Crippen LogP contribution in [0.5, 0.6) is 0 Å². The van der Waals surface area contributed by atoms with E-state index in [1.165, 1.54) is 18.4 Å². The summed E-state index contributed by atoms with van der Waals surface area (Å²) in [6.45, 7) is 6.63. The van der Waals surface area contributed by atoms with Crippen molar-refractivity contribution in [1.82, 2.24) is 10.2 Å². The Kier molecular flexibility index (Phi) is 4.01. The largest absolute Gasteiger partial charge is 0.466 e. The third-order valence-electron chi connectivity index (χ3n) is 5.59. The summed E-state index contributed by atoms with van der Waals surface area (Å²) in [5.74, 6) is 1.66. The van der Waals surface area contributed by atoms with Gasteiger partial charge in [-0.15, -0.1) is 0 Å². The number of nitrogens with one attached hydrogen (secondary N) is 1. The number of thiophene rings is 1. The van der Waals surface area contributed by atoms with E-state index in [2.05, 4.69) is 27.0 Å². The molecule has 128 valence electrons. The van der Waals surface area contributed by atoms with Crippen LogP contribution in [-0.2, 0) is 6.54 Å². The van der Waals surface area contributed by atoms with E-state index in [0.717, 1.165) is 36.6 Å². The highest BCUT2D eigenvalue weighted by Crippen LogP contribution is 2.56. The molecule has 5 heteroatoms. The van der Waals surface area contributed by atoms with Crippen LogP contribution < -0.4 is 5.32 Å². The van der Waals surface area contributed by atoms with Gasteiger partial charge in [0.25, 0.3) is 5.91 Å². The summed E-state index contributed by atoms with van der Waals surface area (Å²) in [4.78, 5) is 15.4. The first-order valence-corrected chi connectivity index (χ1v) is 9.63. The van der Waals surface area contributed by atoms with Gasteiger partial charge in [-0.1, -0.05) is 0 Å². The van der Waals surface area contributed by atoms with Crippen LogP contribution in [0.4, 0.5) is 0 Å². The second-order valence-corrected chi connectivity index (χ2v) is 8.00. The lowest BCUT2D eigenvalue weighted by molar-refractivity contribution is 0.0690. The van der Waals surface area contributed by atoms with Gasteiger partial charge in [0.15, 0.2) is 0 Å². The van der Waals surface area contributed by atoms with Gasteiger partial charge in [-0.2, -0.15) is 11.3 Å². The summed E-state index contributed by atoms with van der Waals surface area (Å²) in [5.41, 5.74) is 2.28. The van der Waals surface area contributed by atoms with Crippen molar-refractivity contribution in [2.75, 3.05) is 13.1 Å². The number of furan rings is 1. The maximum Gasteiger partial charge on any atom is 0.257 e. The summed E-state index contributed by atoms with van der Waals surface area (Å²) in [7, 11) is 0. The maximum absolute atomic E-state index is 13.3. The highest BCUT2D eigenvalue weighted by Gasteiger charge is 2.57. The fraction of sp³-hybridized carbons (Fsp3) is 0.526. The molecule has 1 saturated carbocycles. The van der Waals surface area contributed by atoms with E-state index in [0.29, 0.717) is 18.0 Å². The van der Waals surface area contributed by atoms with Crippen LogP contribution in [-0.4, -0.2) is 29.9 Å². The molecule has 2 aromatic heterocycles. The summed E-state index contributed by atoms with van der Waals surface area (Å²) < 4.78 is 5.60. The number of amides is 1. The average Bonchev–Trinajstić information content (AvgIpc) is 2.92. The lowest BCUT2D eigenvalue weighted by atomic mass is 9.93. The quantitative estimate of drug-likeness (QED) is 0.919. The molecule has 2 fully saturated rings. The third kappa shape index (κ3) is 2.80. The summed E-state index contributed by atoms with van der Waals surface area (Å²) >= 11 is 1.69. The Morgan fingerprint density at radius 2 is 2.21 bits per heavy atom. The van der Waals surface area contributed by atoms with Gasteiger partial charge in [0.05, 0.1) is 5.56 Å². The average molecular weight is 344 g/mol. The van der Waals surface area contributed by atoms with Crippen molar-refractivity contribution in [3.63, 3.8) is 0 Å². The van der Waals surface area contributed by atoms with Gasteiger partial charge in [0.2, 0.25) is 0 Å². The minimum atomic E-state index is 0.121. The van der Waals surface area contributed by atoms with Crippen LogP contribution in [0, 0.1) is 19.3 Å². The van der Waals surface area contributed by atoms with E-state index >= 15 is 0 Å². The predicted octanol–water partition coefficient (Wildman–Crippen LogP) is 3.74. The molecule has 1 aliphatic heterocycles. The first-order valence-electron chi connectivity index (χ1n) is 8.69. The number of nitrogens with zero attached hydrogens (tertiary/aromatic N) is 1. The van der Waals surface area contributed by atoms with E-state index in [4.69, 9.17) is 4.42 Å². The predicted molar refractivity (Wildman–Crippen MR) is 95.3 cm³/mol. The van der Waals surface area contributed by atoms with Gasteiger partial charge in [-0.05, 0) is 80.1 Å². The molecule has 1 saturated heterocycles. The lowest BCUT2D eigenvalue weighted by Crippen LogP contribution is -2.39. The molecule has 4 nitrogen and oxygen atoms in total. The summed E-state index contributed by atoms with van der Waals surface area (Å²) in [6.07, 6.45) is 3.49. The van der Waals surface area contributed by atoms with Crippen molar-refractivity contribution in [1.29, 1.82) is 0 Å². The molecular weight excluding hydrogens is 320 g/mol. The Morgan fingerprint density at radius 3 is 2.83 bits per heavy atom. The molecule has 4 rings (SSSR count). The summed E-state index contributed by atoms with van der Waals surface area (Å²) in [5, 5.41) is 7.67. The Labute approximate surface area is 146 Å². The number of rotatable bonds is 4. The molecule has 1 N–H and O–H groups in total. The van der Waals surface area contributed by atoms with Gasteiger partial charge >= 0.3 is 0 Å². The standard InChI is InChI=1S/C19H24N2O2S/c1-13-9-16(14(2)23-13)18(22)21(11-15-3-8-24-12-15)17-10-19(17)4-6-20-7-5-19/h3,8-9,12,17,20H,4-7,10-11H2,1-2H3/t17-/m0/s1. The number of carbonyl (C=O) groups excluding carboxylic acids is 1. The van der Waals surface area contributed by atoms with Crippen LogP contribution in [0.1, 0.15) is 46.7 Å². The van der Waals surface area contributed by atoms with Crippen molar-refractivity contribution in [2.45, 2.75) is 45.7 Å². The second kappa shape index (κ2) is 6.05. The van der Waals surface area contributed by atoms with E-state index in [1.54, 1.807) is 11.3 Å². The lowest BCUT2D eigenvalue weighted by Gasteiger charge is -2.29. The van der Waals surface area contributed by atoms with Crippen molar-refractivity contribution in [2.24, 2.45) is 5.41 Å².